The van der Waals surface area contributed by atoms with Crippen LogP contribution < -0.4 is 10.6 Å². The Morgan fingerprint density at radius 3 is 2.86 bits per heavy atom. The molecule has 1 amide bonds. The standard InChI is InChI=1S/C18H28N2O/c1-4-10-19-18(21)15-6-5-7-16(12-15)20-17-11-13(2)8-9-14(17)3/h5-7,12-14,17,20H,4,8-11H2,1-3H3,(H,19,21). The summed E-state index contributed by atoms with van der Waals surface area (Å²) in [7, 11) is 0. The SMILES string of the molecule is CCCNC(=O)c1cccc(NC2CC(C)CCC2C)c1. The molecule has 0 aliphatic heterocycles. The molecule has 0 heterocycles. The minimum atomic E-state index is 0.0190. The molecule has 116 valence electrons. The number of rotatable bonds is 5. The quantitative estimate of drug-likeness (QED) is 0.857. The summed E-state index contributed by atoms with van der Waals surface area (Å²) in [4.78, 5) is 12.0. The van der Waals surface area contributed by atoms with Crippen LogP contribution in [0.5, 0.6) is 0 Å². The third kappa shape index (κ3) is 4.48. The van der Waals surface area contributed by atoms with E-state index in [2.05, 4.69) is 37.5 Å². The molecule has 3 heteroatoms. The number of hydrogen-bond donors (Lipinski definition) is 2. The molecule has 21 heavy (non-hydrogen) atoms. The van der Waals surface area contributed by atoms with Crippen molar-refractivity contribution in [1.29, 1.82) is 0 Å². The van der Waals surface area contributed by atoms with Crippen molar-refractivity contribution < 1.29 is 4.79 Å². The molecular weight excluding hydrogens is 260 g/mol. The lowest BCUT2D eigenvalue weighted by molar-refractivity contribution is 0.0953. The number of anilines is 1. The molecule has 1 aromatic carbocycles. The Morgan fingerprint density at radius 1 is 1.29 bits per heavy atom. The zero-order valence-corrected chi connectivity index (χ0v) is 13.5. The first-order valence-corrected chi connectivity index (χ1v) is 8.25. The van der Waals surface area contributed by atoms with Gasteiger partial charge in [-0.15, -0.1) is 0 Å². The molecule has 3 nitrogen and oxygen atoms in total. The van der Waals surface area contributed by atoms with E-state index in [1.807, 2.05) is 18.2 Å². The highest BCUT2D eigenvalue weighted by molar-refractivity contribution is 5.95. The van der Waals surface area contributed by atoms with E-state index in [-0.39, 0.29) is 5.91 Å². The Labute approximate surface area is 128 Å². The average molecular weight is 288 g/mol. The highest BCUT2D eigenvalue weighted by atomic mass is 16.1. The van der Waals surface area contributed by atoms with Gasteiger partial charge in [-0.05, 0) is 49.3 Å². The molecule has 1 aliphatic rings. The monoisotopic (exact) mass is 288 g/mol. The van der Waals surface area contributed by atoms with E-state index in [9.17, 15) is 4.79 Å². The molecule has 1 fully saturated rings. The Hall–Kier alpha value is -1.51. The third-order valence-corrected chi connectivity index (χ3v) is 4.47. The fourth-order valence-electron chi connectivity index (χ4n) is 3.04. The lowest BCUT2D eigenvalue weighted by Gasteiger charge is -2.34. The largest absolute Gasteiger partial charge is 0.382 e. The number of amides is 1. The van der Waals surface area contributed by atoms with Crippen LogP contribution in [0, 0.1) is 11.8 Å². The summed E-state index contributed by atoms with van der Waals surface area (Å²) in [5, 5.41) is 6.56. The number of hydrogen-bond acceptors (Lipinski definition) is 2. The number of carbonyl (C=O) groups excluding carboxylic acids is 1. The van der Waals surface area contributed by atoms with E-state index >= 15 is 0 Å². The van der Waals surface area contributed by atoms with Gasteiger partial charge in [0.25, 0.3) is 5.91 Å². The van der Waals surface area contributed by atoms with Crippen LogP contribution in [0.25, 0.3) is 0 Å². The zero-order chi connectivity index (χ0) is 15.2. The van der Waals surface area contributed by atoms with Crippen molar-refractivity contribution in [2.24, 2.45) is 11.8 Å². The predicted molar refractivity (Wildman–Crippen MR) is 88.7 cm³/mol. The Balaban J connectivity index is 2.01. The molecule has 0 spiro atoms. The van der Waals surface area contributed by atoms with Gasteiger partial charge >= 0.3 is 0 Å². The highest BCUT2D eigenvalue weighted by Crippen LogP contribution is 2.30. The molecule has 0 saturated heterocycles. The normalized spacial score (nSPS) is 25.4. The molecule has 0 bridgehead atoms. The molecule has 1 aromatic rings. The van der Waals surface area contributed by atoms with Crippen molar-refractivity contribution in [1.82, 2.24) is 5.32 Å². The maximum absolute atomic E-state index is 12.0. The summed E-state index contributed by atoms with van der Waals surface area (Å²) in [6.45, 7) is 7.44. The van der Waals surface area contributed by atoms with E-state index in [1.54, 1.807) is 0 Å². The molecule has 3 unspecified atom stereocenters. The summed E-state index contributed by atoms with van der Waals surface area (Å²) >= 11 is 0. The van der Waals surface area contributed by atoms with Gasteiger partial charge in [0, 0.05) is 23.8 Å². The van der Waals surface area contributed by atoms with Gasteiger partial charge < -0.3 is 10.6 Å². The van der Waals surface area contributed by atoms with Crippen LogP contribution >= 0.6 is 0 Å². The second kappa shape index (κ2) is 7.48. The van der Waals surface area contributed by atoms with Crippen LogP contribution in [-0.2, 0) is 0 Å². The zero-order valence-electron chi connectivity index (χ0n) is 13.5. The third-order valence-electron chi connectivity index (χ3n) is 4.47. The second-order valence-electron chi connectivity index (χ2n) is 6.48. The number of carbonyl (C=O) groups is 1. The van der Waals surface area contributed by atoms with E-state index < -0.39 is 0 Å². The Bertz CT molecular complexity index is 472. The van der Waals surface area contributed by atoms with Crippen molar-refractivity contribution >= 4 is 11.6 Å². The average Bonchev–Trinajstić information content (AvgIpc) is 2.49. The number of benzene rings is 1. The summed E-state index contributed by atoms with van der Waals surface area (Å²) in [6, 6.07) is 8.38. The van der Waals surface area contributed by atoms with Crippen molar-refractivity contribution in [3.63, 3.8) is 0 Å². The summed E-state index contributed by atoms with van der Waals surface area (Å²) in [5.41, 5.74) is 1.80. The number of nitrogens with one attached hydrogen (secondary N) is 2. The fraction of sp³-hybridized carbons (Fsp3) is 0.611. The van der Waals surface area contributed by atoms with Gasteiger partial charge in [-0.2, -0.15) is 0 Å². The van der Waals surface area contributed by atoms with Gasteiger partial charge in [-0.1, -0.05) is 33.3 Å². The van der Waals surface area contributed by atoms with Gasteiger partial charge in [0.2, 0.25) is 0 Å². The summed E-state index contributed by atoms with van der Waals surface area (Å²) in [5.74, 6) is 1.50. The van der Waals surface area contributed by atoms with Crippen LogP contribution in [0.4, 0.5) is 5.69 Å². The highest BCUT2D eigenvalue weighted by Gasteiger charge is 2.25. The molecule has 3 atom stereocenters. The van der Waals surface area contributed by atoms with Crippen molar-refractivity contribution in [3.05, 3.63) is 29.8 Å². The second-order valence-corrected chi connectivity index (χ2v) is 6.48. The summed E-state index contributed by atoms with van der Waals surface area (Å²) in [6.07, 6.45) is 4.79. The lowest BCUT2D eigenvalue weighted by atomic mass is 9.80. The first-order chi connectivity index (χ1) is 10.1. The van der Waals surface area contributed by atoms with E-state index in [0.717, 1.165) is 30.1 Å². The van der Waals surface area contributed by atoms with E-state index in [1.165, 1.54) is 19.3 Å². The van der Waals surface area contributed by atoms with E-state index in [0.29, 0.717) is 12.0 Å². The molecular formula is C18H28N2O. The van der Waals surface area contributed by atoms with Crippen molar-refractivity contribution in [2.45, 2.75) is 52.5 Å². The van der Waals surface area contributed by atoms with Crippen LogP contribution in [0.1, 0.15) is 56.8 Å². The minimum Gasteiger partial charge on any atom is -0.382 e. The predicted octanol–water partition coefficient (Wildman–Crippen LogP) is 4.06. The Kier molecular flexibility index (Phi) is 5.66. The minimum absolute atomic E-state index is 0.0190. The Morgan fingerprint density at radius 2 is 2.10 bits per heavy atom. The van der Waals surface area contributed by atoms with Gasteiger partial charge in [0.15, 0.2) is 0 Å². The smallest absolute Gasteiger partial charge is 0.251 e. The fourth-order valence-corrected chi connectivity index (χ4v) is 3.04. The topological polar surface area (TPSA) is 41.1 Å². The molecule has 0 aromatic heterocycles. The van der Waals surface area contributed by atoms with Crippen molar-refractivity contribution in [2.75, 3.05) is 11.9 Å². The van der Waals surface area contributed by atoms with Crippen LogP contribution in [-0.4, -0.2) is 18.5 Å². The maximum atomic E-state index is 12.0. The first kappa shape index (κ1) is 15.9. The van der Waals surface area contributed by atoms with E-state index in [4.69, 9.17) is 0 Å². The maximum Gasteiger partial charge on any atom is 0.251 e. The molecule has 1 aliphatic carbocycles. The summed E-state index contributed by atoms with van der Waals surface area (Å²) < 4.78 is 0. The molecule has 2 N–H and O–H groups in total. The van der Waals surface area contributed by atoms with Gasteiger partial charge in [-0.3, -0.25) is 4.79 Å². The lowest BCUT2D eigenvalue weighted by Crippen LogP contribution is -2.33. The van der Waals surface area contributed by atoms with Gasteiger partial charge in [0.05, 0.1) is 0 Å². The van der Waals surface area contributed by atoms with Crippen LogP contribution in [0.15, 0.2) is 24.3 Å². The molecule has 1 saturated carbocycles. The van der Waals surface area contributed by atoms with Crippen LogP contribution in [0.3, 0.4) is 0 Å². The first-order valence-electron chi connectivity index (χ1n) is 8.25. The van der Waals surface area contributed by atoms with Crippen molar-refractivity contribution in [3.8, 4) is 0 Å². The van der Waals surface area contributed by atoms with Gasteiger partial charge in [-0.25, -0.2) is 0 Å². The van der Waals surface area contributed by atoms with Crippen LogP contribution in [0.2, 0.25) is 0 Å². The van der Waals surface area contributed by atoms with Gasteiger partial charge in [0.1, 0.15) is 0 Å². The molecule has 0 radical (unpaired) electrons. The molecule has 2 rings (SSSR count).